The second-order valence-electron chi connectivity index (χ2n) is 3.99. The average molecular weight is 178 g/mol. The van der Waals surface area contributed by atoms with Crippen LogP contribution < -0.4 is 0 Å². The maximum atomic E-state index is 10.1. The van der Waals surface area contributed by atoms with Gasteiger partial charge in [-0.05, 0) is 17.1 Å². The van der Waals surface area contributed by atoms with Crippen molar-refractivity contribution in [2.24, 2.45) is 0 Å². The van der Waals surface area contributed by atoms with E-state index in [2.05, 4.69) is 34.6 Å². The van der Waals surface area contributed by atoms with Crippen molar-refractivity contribution in [1.29, 1.82) is 0 Å². The highest BCUT2D eigenvalue weighted by atomic mass is 28.4. The maximum absolute atomic E-state index is 10.1. The molecule has 0 bridgehead atoms. The minimum absolute atomic E-state index is 0. The number of hydrogen-bond acceptors (Lipinski definition) is 1. The van der Waals surface area contributed by atoms with E-state index in [1.807, 2.05) is 0 Å². The van der Waals surface area contributed by atoms with E-state index in [9.17, 15) is 4.80 Å². The van der Waals surface area contributed by atoms with E-state index in [1.54, 1.807) is 0 Å². The monoisotopic (exact) mass is 178 g/mol. The van der Waals surface area contributed by atoms with Crippen LogP contribution >= 0.6 is 0 Å². The fourth-order valence-corrected chi connectivity index (χ4v) is 3.93. The zero-order valence-electron chi connectivity index (χ0n) is 8.36. The largest absolute Gasteiger partial charge is 0.431 e. The molecule has 3 heteroatoms. The van der Waals surface area contributed by atoms with Gasteiger partial charge in [0.1, 0.15) is 0 Å². The third kappa shape index (κ3) is 2.93. The van der Waals surface area contributed by atoms with Crippen molar-refractivity contribution in [2.45, 2.75) is 51.7 Å². The van der Waals surface area contributed by atoms with E-state index < -0.39 is 8.32 Å². The van der Waals surface area contributed by atoms with Crippen LogP contribution in [0.4, 0.5) is 0 Å². The number of rotatable bonds is 2. The summed E-state index contributed by atoms with van der Waals surface area (Å²) < 4.78 is 0. The van der Waals surface area contributed by atoms with Crippen LogP contribution in [0.1, 0.15) is 34.6 Å². The molecular weight excluding hydrogens is 156 g/mol. The highest BCUT2D eigenvalue weighted by Gasteiger charge is 2.39. The maximum Gasteiger partial charge on any atom is 0.193 e. The molecule has 0 saturated carbocycles. The molecule has 70 valence electrons. The molecule has 11 heavy (non-hydrogen) atoms. The zero-order chi connectivity index (χ0) is 8.41. The lowest BCUT2D eigenvalue weighted by Gasteiger charge is -2.36. The minimum Gasteiger partial charge on any atom is -0.431 e. The third-order valence-corrected chi connectivity index (χ3v) is 7.70. The van der Waals surface area contributed by atoms with Crippen LogP contribution in [0.25, 0.3) is 0 Å². The molecule has 0 spiro atoms. The van der Waals surface area contributed by atoms with E-state index in [-0.39, 0.29) is 10.5 Å². The van der Waals surface area contributed by atoms with Gasteiger partial charge in [-0.15, -0.1) is 0 Å². The smallest absolute Gasteiger partial charge is 0.193 e. The lowest BCUT2D eigenvalue weighted by Crippen LogP contribution is -2.42. The summed E-state index contributed by atoms with van der Waals surface area (Å²) in [4.78, 5) is 10.1. The second kappa shape index (κ2) is 4.23. The Kier molecular flexibility index (Phi) is 5.28. The quantitative estimate of drug-likeness (QED) is 0.645. The Labute approximate surface area is 71.1 Å². The van der Waals surface area contributed by atoms with Gasteiger partial charge in [-0.2, -0.15) is 0 Å². The molecule has 0 heterocycles. The van der Waals surface area contributed by atoms with Crippen LogP contribution in [-0.4, -0.2) is 18.6 Å². The van der Waals surface area contributed by atoms with Crippen LogP contribution in [-0.2, 0) is 0 Å². The van der Waals surface area contributed by atoms with Crippen molar-refractivity contribution in [3.05, 3.63) is 0 Å². The van der Waals surface area contributed by atoms with E-state index in [4.69, 9.17) is 0 Å². The molecule has 0 rings (SSSR count). The molecule has 0 aliphatic rings. The molecule has 0 atom stereocenters. The summed E-state index contributed by atoms with van der Waals surface area (Å²) >= 11 is 0. The lowest BCUT2D eigenvalue weighted by atomic mass is 10.2. The highest BCUT2D eigenvalue weighted by molar-refractivity contribution is 6.75. The topological polar surface area (TPSA) is 51.7 Å². The number of hydrogen-bond donors (Lipinski definition) is 1. The van der Waals surface area contributed by atoms with Gasteiger partial charge < -0.3 is 10.3 Å². The van der Waals surface area contributed by atoms with Crippen molar-refractivity contribution < 1.29 is 10.3 Å². The van der Waals surface area contributed by atoms with Crippen LogP contribution in [0.2, 0.25) is 17.1 Å². The van der Waals surface area contributed by atoms with Gasteiger partial charge in [0, 0.05) is 0 Å². The summed E-state index contributed by atoms with van der Waals surface area (Å²) in [5, 5.41) is 0.149. The van der Waals surface area contributed by atoms with Crippen molar-refractivity contribution >= 4 is 8.32 Å². The van der Waals surface area contributed by atoms with Crippen LogP contribution in [0.5, 0.6) is 0 Å². The van der Waals surface area contributed by atoms with Crippen molar-refractivity contribution in [1.82, 2.24) is 0 Å². The lowest BCUT2D eigenvalue weighted by molar-refractivity contribution is 0.468. The molecule has 0 aliphatic heterocycles. The zero-order valence-corrected chi connectivity index (χ0v) is 9.36. The fraction of sp³-hybridized carbons (Fsp3) is 1.00. The molecule has 0 radical (unpaired) electrons. The standard InChI is InChI=1S/C8H20OSi.H2O/c1-6-10(9,7-2)8(3,4)5;/h9H,6-7H2,1-5H3;1H2. The van der Waals surface area contributed by atoms with E-state index in [0.717, 1.165) is 12.1 Å². The Balaban J connectivity index is 0. The third-order valence-electron chi connectivity index (χ3n) is 2.57. The van der Waals surface area contributed by atoms with E-state index in [1.165, 1.54) is 0 Å². The van der Waals surface area contributed by atoms with E-state index in [0.29, 0.717) is 0 Å². The Morgan fingerprint density at radius 2 is 1.36 bits per heavy atom. The molecule has 0 unspecified atom stereocenters. The summed E-state index contributed by atoms with van der Waals surface area (Å²) in [6.07, 6.45) is 0. The van der Waals surface area contributed by atoms with Gasteiger partial charge in [0.15, 0.2) is 8.32 Å². The van der Waals surface area contributed by atoms with Gasteiger partial charge in [-0.1, -0.05) is 34.6 Å². The molecule has 0 saturated heterocycles. The Hall–Kier alpha value is 0.137. The van der Waals surface area contributed by atoms with Gasteiger partial charge in [0.2, 0.25) is 0 Å². The summed E-state index contributed by atoms with van der Waals surface area (Å²) in [6.45, 7) is 10.6. The molecule has 0 amide bonds. The summed E-state index contributed by atoms with van der Waals surface area (Å²) in [5.41, 5.74) is 0. The molecule has 0 aromatic heterocycles. The average Bonchev–Trinajstić information content (AvgIpc) is 1.84. The molecule has 0 aromatic rings. The van der Waals surface area contributed by atoms with Crippen LogP contribution in [0.15, 0.2) is 0 Å². The normalized spacial score (nSPS) is 12.5. The second-order valence-corrected chi connectivity index (χ2v) is 8.97. The van der Waals surface area contributed by atoms with Crippen molar-refractivity contribution in [2.75, 3.05) is 0 Å². The minimum atomic E-state index is -1.90. The first-order chi connectivity index (χ1) is 4.37. The van der Waals surface area contributed by atoms with Crippen molar-refractivity contribution in [3.8, 4) is 0 Å². The predicted octanol–water partition coefficient (Wildman–Crippen LogP) is 1.94. The van der Waals surface area contributed by atoms with Gasteiger partial charge in [0.05, 0.1) is 0 Å². The van der Waals surface area contributed by atoms with Gasteiger partial charge in [-0.3, -0.25) is 0 Å². The molecule has 0 fully saturated rings. The Morgan fingerprint density at radius 1 is 1.09 bits per heavy atom. The predicted molar refractivity (Wildman–Crippen MR) is 52.3 cm³/mol. The van der Waals surface area contributed by atoms with E-state index >= 15 is 0 Å². The van der Waals surface area contributed by atoms with Gasteiger partial charge in [-0.25, -0.2) is 0 Å². The Morgan fingerprint density at radius 3 is 1.36 bits per heavy atom. The summed E-state index contributed by atoms with van der Waals surface area (Å²) in [6, 6.07) is 1.96. The SMILES string of the molecule is CC[Si](O)(CC)C(C)(C)C.O. The molecule has 3 N–H and O–H groups in total. The van der Waals surface area contributed by atoms with Gasteiger partial charge in [0.25, 0.3) is 0 Å². The van der Waals surface area contributed by atoms with Crippen LogP contribution in [0, 0.1) is 0 Å². The summed E-state index contributed by atoms with van der Waals surface area (Å²) in [7, 11) is -1.90. The highest BCUT2D eigenvalue weighted by Crippen LogP contribution is 2.38. The first-order valence-electron chi connectivity index (χ1n) is 4.09. The Bertz CT molecular complexity index is 103. The first-order valence-corrected chi connectivity index (χ1v) is 6.46. The molecule has 0 aromatic carbocycles. The van der Waals surface area contributed by atoms with Crippen LogP contribution in [0.3, 0.4) is 0 Å². The fourth-order valence-electron chi connectivity index (χ4n) is 1.31. The van der Waals surface area contributed by atoms with Crippen molar-refractivity contribution in [3.63, 3.8) is 0 Å². The van der Waals surface area contributed by atoms with Gasteiger partial charge >= 0.3 is 0 Å². The molecule has 0 aliphatic carbocycles. The first kappa shape index (κ1) is 13.7. The molecular formula is C8H22O2Si. The summed E-state index contributed by atoms with van der Waals surface area (Å²) in [5.74, 6) is 0. The molecule has 2 nitrogen and oxygen atoms in total.